The van der Waals surface area contributed by atoms with Gasteiger partial charge in [-0.05, 0) is 24.7 Å². The van der Waals surface area contributed by atoms with E-state index in [1.165, 1.54) is 6.42 Å². The van der Waals surface area contributed by atoms with Crippen LogP contribution in [-0.4, -0.2) is 5.78 Å². The van der Waals surface area contributed by atoms with Crippen molar-refractivity contribution in [2.45, 2.75) is 25.7 Å². The summed E-state index contributed by atoms with van der Waals surface area (Å²) in [4.78, 5) is 11.0. The van der Waals surface area contributed by atoms with Gasteiger partial charge in [0.1, 0.15) is 5.78 Å². The number of hydrogen-bond acceptors (Lipinski definition) is 1. The lowest BCUT2D eigenvalue weighted by Crippen LogP contribution is -2.00. The molecule has 0 heterocycles. The van der Waals surface area contributed by atoms with E-state index < -0.39 is 0 Å². The van der Waals surface area contributed by atoms with Gasteiger partial charge in [-0.2, -0.15) is 0 Å². The predicted octanol–water partition coefficient (Wildman–Crippen LogP) is 1.93. The fourth-order valence-corrected chi connectivity index (χ4v) is 1.97. The van der Waals surface area contributed by atoms with Crippen LogP contribution in [0.3, 0.4) is 0 Å². The normalized spacial score (nSPS) is 38.2. The smallest absolute Gasteiger partial charge is 0.133 e. The van der Waals surface area contributed by atoms with Crippen molar-refractivity contribution in [3.63, 3.8) is 0 Å². The summed E-state index contributed by atoms with van der Waals surface area (Å²) in [6.07, 6.45) is 8.49. The number of fused-ring (bicyclic) bond motifs is 2. The predicted molar refractivity (Wildman–Crippen MR) is 39.6 cm³/mol. The Balaban J connectivity index is 2.14. The van der Waals surface area contributed by atoms with Crippen LogP contribution in [0.4, 0.5) is 0 Å². The van der Waals surface area contributed by atoms with Gasteiger partial charge in [0.25, 0.3) is 0 Å². The fraction of sp³-hybridized carbons (Fsp3) is 0.667. The highest BCUT2D eigenvalue weighted by Crippen LogP contribution is 2.33. The van der Waals surface area contributed by atoms with Crippen molar-refractivity contribution in [2.75, 3.05) is 0 Å². The summed E-state index contributed by atoms with van der Waals surface area (Å²) < 4.78 is 0. The number of Topliss-reactive ketones (excluding diaryl/α,β-unsaturated/α-hetero) is 1. The summed E-state index contributed by atoms with van der Waals surface area (Å²) in [5, 5.41) is 0. The Labute approximate surface area is 61.1 Å². The lowest BCUT2D eigenvalue weighted by Gasteiger charge is -2.01. The quantitative estimate of drug-likeness (QED) is 0.465. The Bertz CT molecular complexity index is 181. The van der Waals surface area contributed by atoms with E-state index in [4.69, 9.17) is 0 Å². The van der Waals surface area contributed by atoms with Crippen molar-refractivity contribution in [3.05, 3.63) is 12.2 Å². The number of ketones is 1. The van der Waals surface area contributed by atoms with Crippen LogP contribution < -0.4 is 0 Å². The average Bonchev–Trinajstić information content (AvgIpc) is 2.22. The first-order valence-corrected chi connectivity index (χ1v) is 4.04. The molecule has 0 amide bonds. The maximum absolute atomic E-state index is 11.0. The molecule has 0 aliphatic heterocycles. The van der Waals surface area contributed by atoms with Crippen molar-refractivity contribution in [2.24, 2.45) is 11.8 Å². The van der Waals surface area contributed by atoms with Gasteiger partial charge >= 0.3 is 0 Å². The molecule has 10 heavy (non-hydrogen) atoms. The standard InChI is InChI=1S/C9H12O/c10-9-4-3-7-1-2-8(5-7)6-9/h1-2,7-8H,3-6H2. The minimum atomic E-state index is 0.469. The molecule has 0 radical (unpaired) electrons. The molecule has 0 saturated heterocycles. The number of rotatable bonds is 0. The summed E-state index contributed by atoms with van der Waals surface area (Å²) >= 11 is 0. The van der Waals surface area contributed by atoms with E-state index in [1.54, 1.807) is 0 Å². The van der Waals surface area contributed by atoms with Gasteiger partial charge in [0.2, 0.25) is 0 Å². The molecule has 0 spiro atoms. The van der Waals surface area contributed by atoms with Gasteiger partial charge in [0, 0.05) is 12.8 Å². The molecule has 2 rings (SSSR count). The summed E-state index contributed by atoms with van der Waals surface area (Å²) in [6, 6.07) is 0. The van der Waals surface area contributed by atoms with E-state index in [-0.39, 0.29) is 0 Å². The van der Waals surface area contributed by atoms with Crippen LogP contribution in [0.25, 0.3) is 0 Å². The monoisotopic (exact) mass is 136 g/mol. The second kappa shape index (κ2) is 2.22. The number of allylic oxidation sites excluding steroid dienone is 2. The third kappa shape index (κ3) is 1.00. The van der Waals surface area contributed by atoms with Crippen molar-refractivity contribution < 1.29 is 4.79 Å². The van der Waals surface area contributed by atoms with E-state index in [2.05, 4.69) is 12.2 Å². The minimum Gasteiger partial charge on any atom is -0.300 e. The van der Waals surface area contributed by atoms with Crippen LogP contribution in [-0.2, 0) is 4.79 Å². The summed E-state index contributed by atoms with van der Waals surface area (Å²) in [5.41, 5.74) is 0. The van der Waals surface area contributed by atoms with Gasteiger partial charge in [0.15, 0.2) is 0 Å². The zero-order valence-corrected chi connectivity index (χ0v) is 6.05. The van der Waals surface area contributed by atoms with E-state index in [0.717, 1.165) is 25.2 Å². The van der Waals surface area contributed by atoms with Gasteiger partial charge in [-0.1, -0.05) is 12.2 Å². The molecule has 0 aromatic rings. The second-order valence-corrected chi connectivity index (χ2v) is 3.42. The average molecular weight is 136 g/mol. The molecular formula is C9H12O. The molecule has 2 atom stereocenters. The van der Waals surface area contributed by atoms with Gasteiger partial charge < -0.3 is 0 Å². The second-order valence-electron chi connectivity index (χ2n) is 3.42. The van der Waals surface area contributed by atoms with E-state index >= 15 is 0 Å². The third-order valence-corrected chi connectivity index (χ3v) is 2.54. The lowest BCUT2D eigenvalue weighted by molar-refractivity contribution is -0.119. The van der Waals surface area contributed by atoms with E-state index in [1.807, 2.05) is 0 Å². The lowest BCUT2D eigenvalue weighted by atomic mass is 10.0. The topological polar surface area (TPSA) is 17.1 Å². The van der Waals surface area contributed by atoms with Gasteiger partial charge in [-0.25, -0.2) is 0 Å². The van der Waals surface area contributed by atoms with Crippen molar-refractivity contribution in [1.82, 2.24) is 0 Å². The summed E-state index contributed by atoms with van der Waals surface area (Å²) in [6.45, 7) is 0. The number of hydrogen-bond donors (Lipinski definition) is 0. The molecule has 2 bridgehead atoms. The molecule has 1 nitrogen and oxygen atoms in total. The largest absolute Gasteiger partial charge is 0.300 e. The van der Waals surface area contributed by atoms with Crippen LogP contribution in [0.2, 0.25) is 0 Å². The Morgan fingerprint density at radius 3 is 3.00 bits per heavy atom. The Kier molecular flexibility index (Phi) is 1.37. The minimum absolute atomic E-state index is 0.469. The molecule has 1 fully saturated rings. The molecule has 0 aromatic heterocycles. The van der Waals surface area contributed by atoms with Gasteiger partial charge in [-0.3, -0.25) is 4.79 Å². The zero-order valence-electron chi connectivity index (χ0n) is 6.05. The summed E-state index contributed by atoms with van der Waals surface area (Å²) in [5.74, 6) is 1.80. The first-order chi connectivity index (χ1) is 4.84. The highest BCUT2D eigenvalue weighted by molar-refractivity contribution is 5.79. The molecule has 1 heteroatoms. The first kappa shape index (κ1) is 6.14. The molecule has 1 saturated carbocycles. The molecular weight excluding hydrogens is 124 g/mol. The van der Waals surface area contributed by atoms with Crippen LogP contribution in [0.1, 0.15) is 25.7 Å². The maximum Gasteiger partial charge on any atom is 0.133 e. The Hall–Kier alpha value is -0.590. The highest BCUT2D eigenvalue weighted by Gasteiger charge is 2.25. The SMILES string of the molecule is O=C1CCC2C=CC(C1)C2. The molecule has 2 aliphatic carbocycles. The van der Waals surface area contributed by atoms with Crippen LogP contribution in [0, 0.1) is 11.8 Å². The molecule has 2 aliphatic rings. The molecule has 54 valence electrons. The Morgan fingerprint density at radius 1 is 1.30 bits per heavy atom. The third-order valence-electron chi connectivity index (χ3n) is 2.54. The maximum atomic E-state index is 11.0. The van der Waals surface area contributed by atoms with Crippen molar-refractivity contribution >= 4 is 5.78 Å². The van der Waals surface area contributed by atoms with Gasteiger partial charge in [-0.15, -0.1) is 0 Å². The fourth-order valence-electron chi connectivity index (χ4n) is 1.97. The molecule has 0 N–H and O–H groups in total. The number of carbonyl (C=O) groups is 1. The first-order valence-electron chi connectivity index (χ1n) is 4.04. The summed E-state index contributed by atoms with van der Waals surface area (Å²) in [7, 11) is 0. The van der Waals surface area contributed by atoms with Gasteiger partial charge in [0.05, 0.1) is 0 Å². The van der Waals surface area contributed by atoms with E-state index in [9.17, 15) is 4.79 Å². The van der Waals surface area contributed by atoms with E-state index in [0.29, 0.717) is 11.7 Å². The van der Waals surface area contributed by atoms with Crippen LogP contribution in [0.5, 0.6) is 0 Å². The Morgan fingerprint density at radius 2 is 2.10 bits per heavy atom. The van der Waals surface area contributed by atoms with Crippen molar-refractivity contribution in [3.8, 4) is 0 Å². The number of carbonyl (C=O) groups excluding carboxylic acids is 1. The van der Waals surface area contributed by atoms with Crippen LogP contribution in [0.15, 0.2) is 12.2 Å². The highest BCUT2D eigenvalue weighted by atomic mass is 16.1. The molecule has 2 unspecified atom stereocenters. The van der Waals surface area contributed by atoms with Crippen molar-refractivity contribution in [1.29, 1.82) is 0 Å². The zero-order chi connectivity index (χ0) is 6.97. The van der Waals surface area contributed by atoms with Crippen LogP contribution >= 0.6 is 0 Å². The molecule has 0 aromatic carbocycles.